The first kappa shape index (κ1) is 19.1. The largest absolute Gasteiger partial charge is 0.497 e. The molecule has 2 aromatic carbocycles. The monoisotopic (exact) mass is 375 g/mol. The number of amides is 2. The Morgan fingerprint density at radius 1 is 0.964 bits per heavy atom. The van der Waals surface area contributed by atoms with Gasteiger partial charge < -0.3 is 15.4 Å². The van der Waals surface area contributed by atoms with Gasteiger partial charge in [0.15, 0.2) is 0 Å². The zero-order valence-corrected chi connectivity index (χ0v) is 15.7. The number of hydrogen-bond donors (Lipinski definition) is 2. The van der Waals surface area contributed by atoms with Crippen LogP contribution in [0.1, 0.15) is 31.8 Å². The standard InChI is InChI=1S/C22H21N3O3/c1-15-6-8-16(9-7-15)12-24-21(26)17-10-18(14-23-13-17)22(27)25-19-4-3-5-20(11-19)28-2/h3-11,13-14H,12H2,1-2H3,(H,24,26)(H,25,27). The van der Waals surface area contributed by atoms with E-state index in [1.807, 2.05) is 31.2 Å². The molecule has 0 aliphatic heterocycles. The second kappa shape index (κ2) is 8.81. The number of nitrogens with one attached hydrogen (secondary N) is 2. The van der Waals surface area contributed by atoms with Crippen molar-refractivity contribution in [1.82, 2.24) is 10.3 Å². The van der Waals surface area contributed by atoms with Crippen LogP contribution < -0.4 is 15.4 Å². The van der Waals surface area contributed by atoms with Crippen molar-refractivity contribution in [2.75, 3.05) is 12.4 Å². The molecule has 0 aliphatic rings. The van der Waals surface area contributed by atoms with Crippen LogP contribution in [0.15, 0.2) is 67.0 Å². The zero-order chi connectivity index (χ0) is 19.9. The number of ether oxygens (including phenoxy) is 1. The lowest BCUT2D eigenvalue weighted by Crippen LogP contribution is -2.23. The maximum absolute atomic E-state index is 12.5. The number of rotatable bonds is 6. The lowest BCUT2D eigenvalue weighted by atomic mass is 10.1. The first-order valence-electron chi connectivity index (χ1n) is 8.79. The highest BCUT2D eigenvalue weighted by Crippen LogP contribution is 2.17. The van der Waals surface area contributed by atoms with Crippen molar-refractivity contribution in [2.24, 2.45) is 0 Å². The Morgan fingerprint density at radius 2 is 1.68 bits per heavy atom. The molecule has 2 amide bonds. The first-order chi connectivity index (χ1) is 13.5. The van der Waals surface area contributed by atoms with Gasteiger partial charge in [-0.2, -0.15) is 0 Å². The number of benzene rings is 2. The molecule has 142 valence electrons. The Labute approximate surface area is 163 Å². The predicted octanol–water partition coefficient (Wildman–Crippen LogP) is 3.58. The van der Waals surface area contributed by atoms with Gasteiger partial charge in [-0.15, -0.1) is 0 Å². The highest BCUT2D eigenvalue weighted by atomic mass is 16.5. The lowest BCUT2D eigenvalue weighted by molar-refractivity contribution is 0.0950. The van der Waals surface area contributed by atoms with Crippen LogP contribution in [-0.2, 0) is 6.54 Å². The minimum absolute atomic E-state index is 0.288. The zero-order valence-electron chi connectivity index (χ0n) is 15.7. The summed E-state index contributed by atoms with van der Waals surface area (Å²) in [6.07, 6.45) is 2.86. The first-order valence-corrected chi connectivity index (χ1v) is 8.79. The van der Waals surface area contributed by atoms with Crippen LogP contribution in [-0.4, -0.2) is 23.9 Å². The summed E-state index contributed by atoms with van der Waals surface area (Å²) >= 11 is 0. The highest BCUT2D eigenvalue weighted by molar-refractivity contribution is 6.05. The van der Waals surface area contributed by atoms with Gasteiger partial charge in [-0.3, -0.25) is 14.6 Å². The van der Waals surface area contributed by atoms with Crippen LogP contribution in [0.5, 0.6) is 5.75 Å². The number of nitrogens with zero attached hydrogens (tertiary/aromatic N) is 1. The van der Waals surface area contributed by atoms with Crippen molar-refractivity contribution < 1.29 is 14.3 Å². The van der Waals surface area contributed by atoms with Crippen molar-refractivity contribution in [3.63, 3.8) is 0 Å². The Bertz CT molecular complexity index is 984. The maximum Gasteiger partial charge on any atom is 0.257 e. The van der Waals surface area contributed by atoms with Crippen LogP contribution in [0.25, 0.3) is 0 Å². The lowest BCUT2D eigenvalue weighted by Gasteiger charge is -2.09. The van der Waals surface area contributed by atoms with Crippen molar-refractivity contribution in [1.29, 1.82) is 0 Å². The summed E-state index contributed by atoms with van der Waals surface area (Å²) in [4.78, 5) is 28.9. The van der Waals surface area contributed by atoms with Crippen molar-refractivity contribution in [3.8, 4) is 5.75 Å². The Balaban J connectivity index is 1.65. The molecule has 0 saturated carbocycles. The molecule has 0 radical (unpaired) electrons. The van der Waals surface area contributed by atoms with Crippen molar-refractivity contribution in [2.45, 2.75) is 13.5 Å². The van der Waals surface area contributed by atoms with E-state index >= 15 is 0 Å². The summed E-state index contributed by atoms with van der Waals surface area (Å²) < 4.78 is 5.15. The van der Waals surface area contributed by atoms with E-state index in [1.54, 1.807) is 31.4 Å². The molecule has 6 nitrogen and oxygen atoms in total. The fraction of sp³-hybridized carbons (Fsp3) is 0.136. The normalized spacial score (nSPS) is 10.2. The number of aromatic nitrogens is 1. The van der Waals surface area contributed by atoms with E-state index in [0.717, 1.165) is 11.1 Å². The Kier molecular flexibility index (Phi) is 6.01. The summed E-state index contributed by atoms with van der Waals surface area (Å²) in [7, 11) is 1.56. The summed E-state index contributed by atoms with van der Waals surface area (Å²) in [6.45, 7) is 2.41. The molecule has 0 spiro atoms. The molecule has 1 aromatic heterocycles. The average molecular weight is 375 g/mol. The van der Waals surface area contributed by atoms with E-state index < -0.39 is 0 Å². The molecule has 0 fully saturated rings. The molecule has 0 saturated heterocycles. The van der Waals surface area contributed by atoms with Gasteiger partial charge in [-0.25, -0.2) is 0 Å². The van der Waals surface area contributed by atoms with Crippen molar-refractivity contribution in [3.05, 3.63) is 89.2 Å². The van der Waals surface area contributed by atoms with E-state index in [0.29, 0.717) is 29.1 Å². The van der Waals surface area contributed by atoms with Gasteiger partial charge in [0.25, 0.3) is 11.8 Å². The number of methoxy groups -OCH3 is 1. The minimum atomic E-state index is -0.353. The average Bonchev–Trinajstić information content (AvgIpc) is 2.73. The molecule has 0 bridgehead atoms. The molecular formula is C22H21N3O3. The van der Waals surface area contributed by atoms with E-state index in [1.165, 1.54) is 18.5 Å². The van der Waals surface area contributed by atoms with E-state index in [9.17, 15) is 9.59 Å². The Morgan fingerprint density at radius 3 is 2.39 bits per heavy atom. The molecule has 28 heavy (non-hydrogen) atoms. The highest BCUT2D eigenvalue weighted by Gasteiger charge is 2.12. The number of hydrogen-bond acceptors (Lipinski definition) is 4. The number of anilines is 1. The summed E-state index contributed by atoms with van der Waals surface area (Å²) in [5.74, 6) is -0.00166. The van der Waals surface area contributed by atoms with Gasteiger partial charge in [0, 0.05) is 30.7 Å². The number of carbonyl (C=O) groups is 2. The SMILES string of the molecule is COc1cccc(NC(=O)c2cncc(C(=O)NCc3ccc(C)cc3)c2)c1. The predicted molar refractivity (Wildman–Crippen MR) is 108 cm³/mol. The number of aryl methyl sites for hydroxylation is 1. The van der Waals surface area contributed by atoms with E-state index in [-0.39, 0.29) is 11.8 Å². The summed E-state index contributed by atoms with van der Waals surface area (Å²) in [5, 5.41) is 5.61. The van der Waals surface area contributed by atoms with Gasteiger partial charge in [-0.1, -0.05) is 35.9 Å². The van der Waals surface area contributed by atoms with Gasteiger partial charge in [0.2, 0.25) is 0 Å². The van der Waals surface area contributed by atoms with Crippen LogP contribution >= 0.6 is 0 Å². The molecule has 0 atom stereocenters. The van der Waals surface area contributed by atoms with Crippen molar-refractivity contribution >= 4 is 17.5 Å². The third-order valence-corrected chi connectivity index (χ3v) is 4.16. The fourth-order valence-electron chi connectivity index (χ4n) is 2.58. The number of pyridine rings is 1. The molecule has 1 heterocycles. The third-order valence-electron chi connectivity index (χ3n) is 4.16. The minimum Gasteiger partial charge on any atom is -0.497 e. The van der Waals surface area contributed by atoms with Crippen LogP contribution in [0, 0.1) is 6.92 Å². The second-order valence-corrected chi connectivity index (χ2v) is 6.32. The molecule has 3 aromatic rings. The summed E-state index contributed by atoms with van der Waals surface area (Å²) in [5.41, 5.74) is 3.38. The van der Waals surface area contributed by atoms with Gasteiger partial charge in [0.05, 0.1) is 18.2 Å². The topological polar surface area (TPSA) is 80.3 Å². The quantitative estimate of drug-likeness (QED) is 0.690. The maximum atomic E-state index is 12.5. The van der Waals surface area contributed by atoms with Crippen LogP contribution in [0.4, 0.5) is 5.69 Å². The second-order valence-electron chi connectivity index (χ2n) is 6.32. The van der Waals surface area contributed by atoms with E-state index in [2.05, 4.69) is 15.6 Å². The Hall–Kier alpha value is -3.67. The van der Waals surface area contributed by atoms with Crippen LogP contribution in [0.2, 0.25) is 0 Å². The van der Waals surface area contributed by atoms with E-state index in [4.69, 9.17) is 4.74 Å². The molecule has 0 unspecified atom stereocenters. The molecular weight excluding hydrogens is 354 g/mol. The molecule has 6 heteroatoms. The molecule has 2 N–H and O–H groups in total. The molecule has 0 aliphatic carbocycles. The third kappa shape index (κ3) is 4.94. The van der Waals surface area contributed by atoms with Gasteiger partial charge in [0.1, 0.15) is 5.75 Å². The number of carbonyl (C=O) groups excluding carboxylic acids is 2. The fourth-order valence-corrected chi connectivity index (χ4v) is 2.58. The smallest absolute Gasteiger partial charge is 0.257 e. The van der Waals surface area contributed by atoms with Gasteiger partial charge in [-0.05, 0) is 30.7 Å². The molecule has 3 rings (SSSR count). The van der Waals surface area contributed by atoms with Crippen LogP contribution in [0.3, 0.4) is 0 Å². The summed E-state index contributed by atoms with van der Waals surface area (Å²) in [6, 6.07) is 16.5. The van der Waals surface area contributed by atoms with Gasteiger partial charge >= 0.3 is 0 Å².